The Labute approximate surface area is 253 Å². The van der Waals surface area contributed by atoms with E-state index in [0.717, 1.165) is 21.9 Å². The zero-order valence-electron chi connectivity index (χ0n) is 24.8. The van der Waals surface area contributed by atoms with Crippen LogP contribution in [0.15, 0.2) is 71.6 Å². The van der Waals surface area contributed by atoms with Crippen LogP contribution in [0.5, 0.6) is 11.5 Å². The van der Waals surface area contributed by atoms with Crippen molar-refractivity contribution in [3.05, 3.63) is 82.9 Å². The fourth-order valence-corrected chi connectivity index (χ4v) is 5.82. The molecule has 3 aromatic rings. The number of methoxy groups -OCH3 is 2. The summed E-state index contributed by atoms with van der Waals surface area (Å²) in [5, 5.41) is 3.34. The molecule has 0 radical (unpaired) electrons. The topological polar surface area (TPSA) is 105 Å². The normalized spacial score (nSPS) is 12.6. The lowest BCUT2D eigenvalue weighted by atomic mass is 10.1. The number of hydrogen-bond acceptors (Lipinski definition) is 6. The molecule has 0 aliphatic carbocycles. The van der Waals surface area contributed by atoms with E-state index in [1.165, 1.54) is 49.5 Å². The molecule has 3 rings (SSSR count). The number of ether oxygens (including phenoxy) is 2. The van der Waals surface area contributed by atoms with Crippen LogP contribution in [0.3, 0.4) is 0 Å². The van der Waals surface area contributed by atoms with Gasteiger partial charge in [0.2, 0.25) is 11.8 Å². The number of carbonyl (C=O) groups excluding carboxylic acids is 2. The predicted octanol–water partition coefficient (Wildman–Crippen LogP) is 5.19. The molecule has 0 spiro atoms. The standard InChI is InChI=1S/C31H38ClN3O6S/c1-7-22(3)33-31(37)23(4)34(19-24-11-9-8-10-21(24)2)30(36)20-35(26-14-12-25(32)13-15-26)42(38,39)27-16-17-28(40-5)29(18-27)41-6/h8-18,22-23H,7,19-20H2,1-6H3,(H,33,37)/t22-,23+/m0/s1. The molecule has 11 heteroatoms. The second-order valence-corrected chi connectivity index (χ2v) is 12.2. The van der Waals surface area contributed by atoms with Crippen LogP contribution in [-0.2, 0) is 26.2 Å². The molecule has 0 fully saturated rings. The van der Waals surface area contributed by atoms with Crippen molar-refractivity contribution in [3.63, 3.8) is 0 Å². The fourth-order valence-electron chi connectivity index (χ4n) is 4.26. The lowest BCUT2D eigenvalue weighted by Gasteiger charge is -2.32. The van der Waals surface area contributed by atoms with Crippen LogP contribution >= 0.6 is 11.6 Å². The molecule has 0 saturated heterocycles. The molecule has 0 bridgehead atoms. The Morgan fingerprint density at radius 2 is 1.60 bits per heavy atom. The Bertz CT molecular complexity index is 1500. The summed E-state index contributed by atoms with van der Waals surface area (Å²) < 4.78 is 39.8. The van der Waals surface area contributed by atoms with Gasteiger partial charge < -0.3 is 19.7 Å². The molecule has 226 valence electrons. The first-order chi connectivity index (χ1) is 19.9. The largest absolute Gasteiger partial charge is 0.493 e. The number of benzene rings is 3. The Kier molecular flexibility index (Phi) is 11.2. The molecule has 0 unspecified atom stereocenters. The van der Waals surface area contributed by atoms with E-state index in [4.69, 9.17) is 21.1 Å². The van der Waals surface area contributed by atoms with Crippen molar-refractivity contribution in [2.75, 3.05) is 25.1 Å². The van der Waals surface area contributed by atoms with E-state index in [2.05, 4.69) is 5.32 Å². The minimum absolute atomic E-state index is 0.0913. The minimum Gasteiger partial charge on any atom is -0.493 e. The van der Waals surface area contributed by atoms with Gasteiger partial charge in [-0.1, -0.05) is 42.8 Å². The van der Waals surface area contributed by atoms with Crippen molar-refractivity contribution < 1.29 is 27.5 Å². The van der Waals surface area contributed by atoms with Gasteiger partial charge >= 0.3 is 0 Å². The molecule has 1 N–H and O–H groups in total. The summed E-state index contributed by atoms with van der Waals surface area (Å²) in [5.74, 6) is -0.301. The van der Waals surface area contributed by atoms with Gasteiger partial charge in [0.15, 0.2) is 11.5 Å². The van der Waals surface area contributed by atoms with Crippen molar-refractivity contribution in [1.82, 2.24) is 10.2 Å². The summed E-state index contributed by atoms with van der Waals surface area (Å²) >= 11 is 6.09. The Hall–Kier alpha value is -3.76. The molecule has 0 aromatic heterocycles. The zero-order valence-corrected chi connectivity index (χ0v) is 26.3. The first-order valence-corrected chi connectivity index (χ1v) is 15.4. The van der Waals surface area contributed by atoms with Gasteiger partial charge in [-0.05, 0) is 74.7 Å². The third kappa shape index (κ3) is 7.74. The quantitative estimate of drug-likeness (QED) is 0.284. The number of amides is 2. The van der Waals surface area contributed by atoms with E-state index < -0.39 is 28.5 Å². The maximum Gasteiger partial charge on any atom is 0.264 e. The predicted molar refractivity (Wildman–Crippen MR) is 165 cm³/mol. The molecule has 0 aliphatic rings. The van der Waals surface area contributed by atoms with Crippen molar-refractivity contribution in [2.45, 2.75) is 57.6 Å². The average Bonchev–Trinajstić information content (AvgIpc) is 2.98. The highest BCUT2D eigenvalue weighted by Gasteiger charge is 2.33. The number of carbonyl (C=O) groups is 2. The molecule has 42 heavy (non-hydrogen) atoms. The SMILES string of the molecule is CC[C@H](C)NC(=O)[C@@H](C)N(Cc1ccccc1C)C(=O)CN(c1ccc(Cl)cc1)S(=O)(=O)c1ccc(OC)c(OC)c1. The van der Waals surface area contributed by atoms with Gasteiger partial charge in [-0.2, -0.15) is 0 Å². The molecule has 2 amide bonds. The third-order valence-electron chi connectivity index (χ3n) is 7.11. The number of anilines is 1. The number of halogens is 1. The van der Waals surface area contributed by atoms with E-state index >= 15 is 0 Å². The zero-order chi connectivity index (χ0) is 31.0. The number of sulfonamides is 1. The molecule has 9 nitrogen and oxygen atoms in total. The summed E-state index contributed by atoms with van der Waals surface area (Å²) in [5.41, 5.74) is 2.02. The monoisotopic (exact) mass is 615 g/mol. The number of rotatable bonds is 13. The van der Waals surface area contributed by atoms with Gasteiger partial charge in [-0.3, -0.25) is 13.9 Å². The van der Waals surface area contributed by atoms with Gasteiger partial charge in [0.25, 0.3) is 10.0 Å². The summed E-state index contributed by atoms with van der Waals surface area (Å²) in [7, 11) is -1.44. The average molecular weight is 616 g/mol. The maximum atomic E-state index is 14.1. The second kappa shape index (κ2) is 14.4. The number of hydrogen-bond donors (Lipinski definition) is 1. The van der Waals surface area contributed by atoms with Crippen LogP contribution < -0.4 is 19.1 Å². The van der Waals surface area contributed by atoms with Crippen molar-refractivity contribution in [1.29, 1.82) is 0 Å². The van der Waals surface area contributed by atoms with Gasteiger partial charge in [0, 0.05) is 23.7 Å². The third-order valence-corrected chi connectivity index (χ3v) is 9.13. The van der Waals surface area contributed by atoms with E-state index in [1.807, 2.05) is 45.0 Å². The molecule has 0 saturated carbocycles. The maximum absolute atomic E-state index is 14.1. The lowest BCUT2D eigenvalue weighted by molar-refractivity contribution is -0.139. The minimum atomic E-state index is -4.30. The van der Waals surface area contributed by atoms with Crippen molar-refractivity contribution >= 4 is 39.1 Å². The highest BCUT2D eigenvalue weighted by atomic mass is 35.5. The molecule has 0 heterocycles. The molecular formula is C31H38ClN3O6S. The fraction of sp³-hybridized carbons (Fsp3) is 0.355. The Balaban J connectivity index is 2.07. The van der Waals surface area contributed by atoms with Crippen LogP contribution in [0, 0.1) is 6.92 Å². The van der Waals surface area contributed by atoms with Crippen LogP contribution in [-0.4, -0.2) is 58.0 Å². The van der Waals surface area contributed by atoms with Gasteiger partial charge in [-0.25, -0.2) is 8.42 Å². The van der Waals surface area contributed by atoms with Crippen molar-refractivity contribution in [2.24, 2.45) is 0 Å². The van der Waals surface area contributed by atoms with Crippen LogP contribution in [0.1, 0.15) is 38.3 Å². The number of nitrogens with zero attached hydrogens (tertiary/aromatic N) is 2. The molecule has 2 atom stereocenters. The summed E-state index contributed by atoms with van der Waals surface area (Å²) in [4.78, 5) is 28.6. The number of nitrogens with one attached hydrogen (secondary N) is 1. The summed E-state index contributed by atoms with van der Waals surface area (Å²) in [6.45, 7) is 6.95. The van der Waals surface area contributed by atoms with E-state index in [0.29, 0.717) is 10.8 Å². The van der Waals surface area contributed by atoms with Gasteiger partial charge in [-0.15, -0.1) is 0 Å². The van der Waals surface area contributed by atoms with E-state index in [-0.39, 0.29) is 34.8 Å². The summed E-state index contributed by atoms with van der Waals surface area (Å²) in [6, 6.07) is 16.9. The van der Waals surface area contributed by atoms with Crippen LogP contribution in [0.25, 0.3) is 0 Å². The first kappa shape index (κ1) is 32.8. The van der Waals surface area contributed by atoms with E-state index in [1.54, 1.807) is 19.1 Å². The highest BCUT2D eigenvalue weighted by molar-refractivity contribution is 7.92. The molecule has 3 aromatic carbocycles. The van der Waals surface area contributed by atoms with Crippen LogP contribution in [0.4, 0.5) is 5.69 Å². The van der Waals surface area contributed by atoms with E-state index in [9.17, 15) is 18.0 Å². The molecule has 0 aliphatic heterocycles. The highest BCUT2D eigenvalue weighted by Crippen LogP contribution is 2.32. The smallest absolute Gasteiger partial charge is 0.264 e. The second-order valence-electron chi connectivity index (χ2n) is 9.95. The van der Waals surface area contributed by atoms with Crippen LogP contribution in [0.2, 0.25) is 5.02 Å². The van der Waals surface area contributed by atoms with Gasteiger partial charge in [0.05, 0.1) is 24.8 Å². The van der Waals surface area contributed by atoms with Gasteiger partial charge in [0.1, 0.15) is 12.6 Å². The Morgan fingerprint density at radius 3 is 2.19 bits per heavy atom. The first-order valence-electron chi connectivity index (χ1n) is 13.6. The van der Waals surface area contributed by atoms with Crippen molar-refractivity contribution in [3.8, 4) is 11.5 Å². The number of aryl methyl sites for hydroxylation is 1. The Morgan fingerprint density at radius 1 is 0.952 bits per heavy atom. The summed E-state index contributed by atoms with van der Waals surface area (Å²) in [6.07, 6.45) is 0.720. The molecular weight excluding hydrogens is 578 g/mol. The lowest BCUT2D eigenvalue weighted by Crippen LogP contribution is -2.52.